The highest BCUT2D eigenvalue weighted by Crippen LogP contribution is 2.36. The Bertz CT molecular complexity index is 383. The third-order valence-electron chi connectivity index (χ3n) is 3.41. The van der Waals surface area contributed by atoms with Gasteiger partial charge < -0.3 is 8.84 Å². The van der Waals surface area contributed by atoms with Crippen LogP contribution in [0.25, 0.3) is 6.08 Å². The predicted molar refractivity (Wildman–Crippen MR) is 75.6 cm³/mol. The number of furan rings is 1. The highest BCUT2D eigenvalue weighted by Gasteiger charge is 2.36. The number of aryl methyl sites for hydroxylation is 1. The summed E-state index contributed by atoms with van der Waals surface area (Å²) in [5.74, 6) is 0.940. The van der Waals surface area contributed by atoms with Gasteiger partial charge in [-0.05, 0) is 31.1 Å². The van der Waals surface area contributed by atoms with E-state index in [1.165, 1.54) is 0 Å². The summed E-state index contributed by atoms with van der Waals surface area (Å²) in [5.41, 5.74) is 1.10. The fraction of sp³-hybridized carbons (Fsp3) is 0.571. The van der Waals surface area contributed by atoms with E-state index in [9.17, 15) is 0 Å². The molecule has 0 aliphatic carbocycles. The monoisotopic (exact) mass is 252 g/mol. The molecule has 0 fully saturated rings. The summed E-state index contributed by atoms with van der Waals surface area (Å²) in [4.78, 5) is 0. The van der Waals surface area contributed by atoms with Crippen molar-refractivity contribution in [2.24, 2.45) is 0 Å². The topological polar surface area (TPSA) is 22.4 Å². The maximum atomic E-state index is 6.04. The van der Waals surface area contributed by atoms with Crippen LogP contribution in [0.1, 0.15) is 32.1 Å². The maximum absolute atomic E-state index is 6.04. The first-order valence-electron chi connectivity index (χ1n) is 6.08. The molecule has 0 radical (unpaired) electrons. The number of rotatable bonds is 4. The van der Waals surface area contributed by atoms with Crippen molar-refractivity contribution in [1.82, 2.24) is 0 Å². The summed E-state index contributed by atoms with van der Waals surface area (Å²) in [6, 6.07) is 2.02. The highest BCUT2D eigenvalue weighted by atomic mass is 28.4. The van der Waals surface area contributed by atoms with Crippen LogP contribution < -0.4 is 0 Å². The maximum Gasteiger partial charge on any atom is 0.192 e. The van der Waals surface area contributed by atoms with E-state index in [1.54, 1.807) is 6.26 Å². The fourth-order valence-electron chi connectivity index (χ4n) is 1.21. The van der Waals surface area contributed by atoms with Gasteiger partial charge in [0.2, 0.25) is 0 Å². The number of hydrogen-bond acceptors (Lipinski definition) is 2. The number of hydrogen-bond donors (Lipinski definition) is 0. The van der Waals surface area contributed by atoms with Gasteiger partial charge in [-0.25, -0.2) is 0 Å². The third-order valence-corrected chi connectivity index (χ3v) is 7.91. The molecule has 0 atom stereocenters. The van der Waals surface area contributed by atoms with Crippen LogP contribution in [-0.4, -0.2) is 14.9 Å². The Balaban J connectivity index is 2.45. The minimum Gasteiger partial charge on any atom is -0.469 e. The zero-order valence-electron chi connectivity index (χ0n) is 11.8. The molecule has 1 aromatic heterocycles. The van der Waals surface area contributed by atoms with Gasteiger partial charge in [-0.15, -0.1) is 0 Å². The molecule has 0 aromatic carbocycles. The summed E-state index contributed by atoms with van der Waals surface area (Å²) in [7, 11) is -1.61. The first kappa shape index (κ1) is 14.3. The van der Waals surface area contributed by atoms with Crippen LogP contribution in [0.5, 0.6) is 0 Å². The van der Waals surface area contributed by atoms with Gasteiger partial charge in [-0.1, -0.05) is 32.9 Å². The van der Waals surface area contributed by atoms with Gasteiger partial charge in [0.05, 0.1) is 12.9 Å². The van der Waals surface area contributed by atoms with Gasteiger partial charge in [0.1, 0.15) is 5.76 Å². The second-order valence-corrected chi connectivity index (χ2v) is 10.8. The smallest absolute Gasteiger partial charge is 0.192 e. The third kappa shape index (κ3) is 4.17. The first-order chi connectivity index (χ1) is 7.72. The molecule has 17 heavy (non-hydrogen) atoms. The van der Waals surface area contributed by atoms with Crippen molar-refractivity contribution in [3.63, 3.8) is 0 Å². The molecule has 0 saturated carbocycles. The Morgan fingerprint density at radius 1 is 1.35 bits per heavy atom. The molecule has 0 N–H and O–H groups in total. The van der Waals surface area contributed by atoms with E-state index in [0.29, 0.717) is 6.61 Å². The average Bonchev–Trinajstić information content (AvgIpc) is 2.57. The van der Waals surface area contributed by atoms with E-state index in [0.717, 1.165) is 11.3 Å². The Kier molecular flexibility index (Phi) is 4.39. The molecular weight excluding hydrogens is 228 g/mol. The second-order valence-electron chi connectivity index (χ2n) is 5.96. The van der Waals surface area contributed by atoms with Crippen molar-refractivity contribution in [3.05, 3.63) is 29.7 Å². The highest BCUT2D eigenvalue weighted by molar-refractivity contribution is 6.74. The lowest BCUT2D eigenvalue weighted by Crippen LogP contribution is -2.40. The molecule has 3 heteroatoms. The Morgan fingerprint density at radius 3 is 2.47 bits per heavy atom. The fourth-order valence-corrected chi connectivity index (χ4v) is 2.15. The lowest BCUT2D eigenvalue weighted by atomic mass is 10.2. The van der Waals surface area contributed by atoms with Crippen LogP contribution in [-0.2, 0) is 4.43 Å². The molecule has 0 amide bonds. The van der Waals surface area contributed by atoms with Gasteiger partial charge in [0, 0.05) is 5.56 Å². The molecule has 0 spiro atoms. The molecule has 1 aromatic rings. The first-order valence-corrected chi connectivity index (χ1v) is 8.99. The quantitative estimate of drug-likeness (QED) is 0.729. The van der Waals surface area contributed by atoms with Crippen LogP contribution in [0.2, 0.25) is 18.1 Å². The van der Waals surface area contributed by atoms with Crippen LogP contribution in [0, 0.1) is 6.92 Å². The van der Waals surface area contributed by atoms with Crippen molar-refractivity contribution < 1.29 is 8.84 Å². The molecule has 2 nitrogen and oxygen atoms in total. The SMILES string of the molecule is Cc1cc(/C=C/CO[Si](C)(C)C(C)(C)C)co1. The van der Waals surface area contributed by atoms with Crippen LogP contribution in [0.4, 0.5) is 0 Å². The van der Waals surface area contributed by atoms with Gasteiger partial charge >= 0.3 is 0 Å². The Labute approximate surface area is 106 Å². The van der Waals surface area contributed by atoms with E-state index in [-0.39, 0.29) is 5.04 Å². The summed E-state index contributed by atoms with van der Waals surface area (Å²) in [6.07, 6.45) is 5.87. The van der Waals surface area contributed by atoms with Crippen molar-refractivity contribution in [3.8, 4) is 0 Å². The molecule has 0 bridgehead atoms. The molecule has 0 saturated heterocycles. The summed E-state index contributed by atoms with van der Waals surface area (Å²) in [6.45, 7) is 13.9. The van der Waals surface area contributed by atoms with Crippen LogP contribution in [0.3, 0.4) is 0 Å². The van der Waals surface area contributed by atoms with Crippen molar-refractivity contribution in [2.75, 3.05) is 6.61 Å². The minimum absolute atomic E-state index is 0.271. The molecule has 0 aliphatic rings. The molecule has 0 unspecified atom stereocenters. The molecule has 96 valence electrons. The van der Waals surface area contributed by atoms with Gasteiger partial charge in [-0.3, -0.25) is 0 Å². The van der Waals surface area contributed by atoms with E-state index in [2.05, 4.69) is 39.9 Å². The van der Waals surface area contributed by atoms with Gasteiger partial charge in [0.15, 0.2) is 8.32 Å². The lowest BCUT2D eigenvalue weighted by Gasteiger charge is -2.35. The zero-order chi connectivity index (χ0) is 13.1. The van der Waals surface area contributed by atoms with E-state index >= 15 is 0 Å². The van der Waals surface area contributed by atoms with Crippen LogP contribution >= 0.6 is 0 Å². The van der Waals surface area contributed by atoms with E-state index in [1.807, 2.05) is 19.1 Å². The summed E-state index contributed by atoms with van der Waals surface area (Å²) < 4.78 is 11.3. The van der Waals surface area contributed by atoms with Crippen molar-refractivity contribution in [2.45, 2.75) is 45.8 Å². The average molecular weight is 252 g/mol. The lowest BCUT2D eigenvalue weighted by molar-refractivity contribution is 0.328. The molecule has 1 rings (SSSR count). The Morgan fingerprint density at radius 2 is 2.00 bits per heavy atom. The minimum atomic E-state index is -1.61. The van der Waals surface area contributed by atoms with E-state index < -0.39 is 8.32 Å². The predicted octanol–water partition coefficient (Wildman–Crippen LogP) is 4.62. The van der Waals surface area contributed by atoms with Crippen LogP contribution in [0.15, 0.2) is 22.8 Å². The van der Waals surface area contributed by atoms with E-state index in [4.69, 9.17) is 8.84 Å². The zero-order valence-corrected chi connectivity index (χ0v) is 12.8. The molecule has 0 aliphatic heterocycles. The van der Waals surface area contributed by atoms with Crippen molar-refractivity contribution in [1.29, 1.82) is 0 Å². The van der Waals surface area contributed by atoms with Gasteiger partial charge in [-0.2, -0.15) is 0 Å². The summed E-state index contributed by atoms with van der Waals surface area (Å²) >= 11 is 0. The second kappa shape index (κ2) is 5.23. The molecule has 1 heterocycles. The summed E-state index contributed by atoms with van der Waals surface area (Å²) in [5, 5.41) is 0.271. The normalized spacial score (nSPS) is 13.5. The largest absolute Gasteiger partial charge is 0.469 e. The molecular formula is C14H24O2Si. The van der Waals surface area contributed by atoms with Gasteiger partial charge in [0.25, 0.3) is 0 Å². The van der Waals surface area contributed by atoms with Crippen molar-refractivity contribution >= 4 is 14.4 Å². The standard InChI is InChI=1S/C14H24O2Si/c1-12-10-13(11-15-12)8-7-9-16-17(5,6)14(2,3)4/h7-8,10-11H,9H2,1-6H3/b8-7+. The Hall–Kier alpha value is -0.803.